The van der Waals surface area contributed by atoms with Crippen molar-refractivity contribution >= 4 is 21.6 Å². The average Bonchev–Trinajstić information content (AvgIpc) is 3.33. The van der Waals surface area contributed by atoms with E-state index in [-0.39, 0.29) is 22.1 Å². The minimum atomic E-state index is -4.01. The van der Waals surface area contributed by atoms with Crippen LogP contribution in [0.3, 0.4) is 0 Å². The molecule has 2 N–H and O–H groups in total. The first-order valence-electron chi connectivity index (χ1n) is 10.4. The van der Waals surface area contributed by atoms with Gasteiger partial charge in [-0.05, 0) is 53.9 Å². The minimum Gasteiger partial charge on any atom is -0.348 e. The first-order chi connectivity index (χ1) is 16.3. The van der Waals surface area contributed by atoms with Crippen LogP contribution in [0.15, 0.2) is 84.3 Å². The molecule has 0 aliphatic rings. The Bertz CT molecular complexity index is 1410. The summed E-state index contributed by atoms with van der Waals surface area (Å²) in [6.07, 6.45) is 3.12. The number of hydrogen-bond donors (Lipinski definition) is 2. The third kappa shape index (κ3) is 5.65. The van der Waals surface area contributed by atoms with Gasteiger partial charge in [-0.1, -0.05) is 36.4 Å². The highest BCUT2D eigenvalue weighted by atomic mass is 32.2. The lowest BCUT2D eigenvalue weighted by Crippen LogP contribution is -2.23. The molecular weight excluding hydrogens is 457 g/mol. The molecule has 0 bridgehead atoms. The Labute approximate surface area is 196 Å². The summed E-state index contributed by atoms with van der Waals surface area (Å²) < 4.78 is 43.1. The van der Waals surface area contributed by atoms with Gasteiger partial charge < -0.3 is 5.32 Å². The van der Waals surface area contributed by atoms with E-state index in [0.717, 1.165) is 17.2 Å². The van der Waals surface area contributed by atoms with Gasteiger partial charge in [0.15, 0.2) is 0 Å². The van der Waals surface area contributed by atoms with Crippen molar-refractivity contribution in [1.29, 1.82) is 0 Å². The van der Waals surface area contributed by atoms with Gasteiger partial charge in [-0.3, -0.25) is 9.52 Å². The molecular formula is C24H22FN5O3S. The lowest BCUT2D eigenvalue weighted by Gasteiger charge is -2.11. The Kier molecular flexibility index (Phi) is 6.69. The van der Waals surface area contributed by atoms with Crippen molar-refractivity contribution in [1.82, 2.24) is 20.1 Å². The third-order valence-electron chi connectivity index (χ3n) is 5.12. The molecule has 3 aromatic carbocycles. The van der Waals surface area contributed by atoms with Gasteiger partial charge >= 0.3 is 0 Å². The van der Waals surface area contributed by atoms with Crippen molar-refractivity contribution in [3.8, 4) is 0 Å². The first-order valence-corrected chi connectivity index (χ1v) is 11.9. The molecule has 10 heteroatoms. The number of aromatic nitrogens is 3. The second-order valence-electron chi connectivity index (χ2n) is 7.69. The van der Waals surface area contributed by atoms with Crippen LogP contribution in [-0.2, 0) is 23.1 Å². The maximum atomic E-state index is 13.8. The highest BCUT2D eigenvalue weighted by Gasteiger charge is 2.17. The number of aryl methyl sites for hydroxylation is 1. The zero-order chi connectivity index (χ0) is 24.1. The number of rotatable bonds is 8. The van der Waals surface area contributed by atoms with Crippen LogP contribution in [0, 0.1) is 12.7 Å². The van der Waals surface area contributed by atoms with Crippen LogP contribution < -0.4 is 10.0 Å². The van der Waals surface area contributed by atoms with E-state index in [1.165, 1.54) is 30.6 Å². The SMILES string of the molecule is Cc1ccc(S(=O)(=O)Nc2cccc(C(=O)NCc3ccc(Cn4cncn4)cc3)c2)cc1F. The number of carbonyl (C=O) groups excluding carboxylic acids is 1. The molecule has 34 heavy (non-hydrogen) atoms. The molecule has 0 unspecified atom stereocenters. The Morgan fingerprint density at radius 1 is 1.03 bits per heavy atom. The predicted octanol–water partition coefficient (Wildman–Crippen LogP) is 3.50. The number of amides is 1. The third-order valence-corrected chi connectivity index (χ3v) is 6.50. The molecule has 1 heterocycles. The van der Waals surface area contributed by atoms with Crippen molar-refractivity contribution in [3.63, 3.8) is 0 Å². The Morgan fingerprint density at radius 2 is 1.79 bits per heavy atom. The van der Waals surface area contributed by atoms with Crippen LogP contribution in [0.2, 0.25) is 0 Å². The summed E-state index contributed by atoms with van der Waals surface area (Å²) in [6, 6.07) is 17.5. The molecule has 0 fully saturated rings. The van der Waals surface area contributed by atoms with E-state index in [4.69, 9.17) is 0 Å². The zero-order valence-corrected chi connectivity index (χ0v) is 19.1. The summed E-state index contributed by atoms with van der Waals surface area (Å²) in [5, 5.41) is 6.89. The number of carbonyl (C=O) groups is 1. The van der Waals surface area contributed by atoms with Gasteiger partial charge in [0.25, 0.3) is 15.9 Å². The fourth-order valence-corrected chi connectivity index (χ4v) is 4.29. The smallest absolute Gasteiger partial charge is 0.261 e. The van der Waals surface area contributed by atoms with Gasteiger partial charge in [-0.2, -0.15) is 5.10 Å². The largest absolute Gasteiger partial charge is 0.348 e. The summed E-state index contributed by atoms with van der Waals surface area (Å²) >= 11 is 0. The molecule has 8 nitrogen and oxygen atoms in total. The summed E-state index contributed by atoms with van der Waals surface area (Å²) in [4.78, 5) is 16.3. The standard InChI is InChI=1S/C24H22FN5O3S/c1-17-5-10-22(12-23(17)25)34(32,33)29-21-4-2-3-20(11-21)24(31)27-13-18-6-8-19(9-7-18)14-30-16-26-15-28-30/h2-12,15-16,29H,13-14H2,1H3,(H,27,31). The van der Waals surface area contributed by atoms with E-state index in [2.05, 4.69) is 20.1 Å². The number of nitrogens with one attached hydrogen (secondary N) is 2. The molecule has 0 saturated heterocycles. The van der Waals surface area contributed by atoms with E-state index >= 15 is 0 Å². The number of anilines is 1. The molecule has 0 saturated carbocycles. The quantitative estimate of drug-likeness (QED) is 0.402. The minimum absolute atomic E-state index is 0.197. The molecule has 4 rings (SSSR count). The Balaban J connectivity index is 1.38. The Morgan fingerprint density at radius 3 is 2.50 bits per heavy atom. The molecule has 1 aromatic heterocycles. The second kappa shape index (κ2) is 9.84. The van der Waals surface area contributed by atoms with E-state index in [0.29, 0.717) is 18.7 Å². The summed E-state index contributed by atoms with van der Waals surface area (Å²) in [5.74, 6) is -0.962. The van der Waals surface area contributed by atoms with Crippen LogP contribution in [0.4, 0.5) is 10.1 Å². The molecule has 0 atom stereocenters. The maximum absolute atomic E-state index is 13.8. The van der Waals surface area contributed by atoms with Crippen LogP contribution in [0.1, 0.15) is 27.0 Å². The van der Waals surface area contributed by atoms with Crippen molar-refractivity contribution in [2.45, 2.75) is 24.9 Å². The summed E-state index contributed by atoms with van der Waals surface area (Å²) in [7, 11) is -4.01. The topological polar surface area (TPSA) is 106 Å². The van der Waals surface area contributed by atoms with Crippen LogP contribution in [0.25, 0.3) is 0 Å². The fraction of sp³-hybridized carbons (Fsp3) is 0.125. The number of halogens is 1. The van der Waals surface area contributed by atoms with E-state index in [1.807, 2.05) is 24.3 Å². The number of hydrogen-bond acceptors (Lipinski definition) is 5. The number of nitrogens with zero attached hydrogens (tertiary/aromatic N) is 3. The Hall–Kier alpha value is -4.05. The lowest BCUT2D eigenvalue weighted by atomic mass is 10.1. The van der Waals surface area contributed by atoms with Gasteiger partial charge in [0.05, 0.1) is 11.4 Å². The fourth-order valence-electron chi connectivity index (χ4n) is 3.23. The number of sulfonamides is 1. The second-order valence-corrected chi connectivity index (χ2v) is 9.37. The van der Waals surface area contributed by atoms with Gasteiger partial charge in [0.1, 0.15) is 18.5 Å². The molecule has 0 radical (unpaired) electrons. The van der Waals surface area contributed by atoms with Crippen LogP contribution in [0.5, 0.6) is 0 Å². The van der Waals surface area contributed by atoms with Crippen molar-refractivity contribution < 1.29 is 17.6 Å². The van der Waals surface area contributed by atoms with Crippen LogP contribution >= 0.6 is 0 Å². The van der Waals surface area contributed by atoms with Crippen molar-refractivity contribution in [3.05, 3.63) is 107 Å². The molecule has 174 valence electrons. The van der Waals surface area contributed by atoms with E-state index in [9.17, 15) is 17.6 Å². The molecule has 0 spiro atoms. The van der Waals surface area contributed by atoms with Crippen molar-refractivity contribution in [2.24, 2.45) is 0 Å². The zero-order valence-electron chi connectivity index (χ0n) is 18.3. The highest BCUT2D eigenvalue weighted by molar-refractivity contribution is 7.92. The molecule has 0 aliphatic carbocycles. The van der Waals surface area contributed by atoms with E-state index in [1.54, 1.807) is 30.1 Å². The van der Waals surface area contributed by atoms with Crippen molar-refractivity contribution in [2.75, 3.05) is 4.72 Å². The average molecular weight is 480 g/mol. The van der Waals surface area contributed by atoms with Gasteiger partial charge in [0.2, 0.25) is 0 Å². The molecule has 4 aromatic rings. The summed E-state index contributed by atoms with van der Waals surface area (Å²) in [5.41, 5.74) is 2.80. The lowest BCUT2D eigenvalue weighted by molar-refractivity contribution is 0.0951. The van der Waals surface area contributed by atoms with Crippen LogP contribution in [-0.4, -0.2) is 29.1 Å². The molecule has 1 amide bonds. The van der Waals surface area contributed by atoms with Gasteiger partial charge in [-0.15, -0.1) is 0 Å². The van der Waals surface area contributed by atoms with E-state index < -0.39 is 15.8 Å². The predicted molar refractivity (Wildman–Crippen MR) is 125 cm³/mol. The maximum Gasteiger partial charge on any atom is 0.261 e. The highest BCUT2D eigenvalue weighted by Crippen LogP contribution is 2.19. The first kappa shape index (κ1) is 23.1. The normalized spacial score (nSPS) is 11.2. The molecule has 0 aliphatic heterocycles. The summed E-state index contributed by atoms with van der Waals surface area (Å²) in [6.45, 7) is 2.46. The van der Waals surface area contributed by atoms with Gasteiger partial charge in [-0.25, -0.2) is 22.5 Å². The monoisotopic (exact) mass is 479 g/mol. The number of benzene rings is 3. The van der Waals surface area contributed by atoms with Gasteiger partial charge in [0, 0.05) is 17.8 Å².